The first-order chi connectivity index (χ1) is 17.4. The first kappa shape index (κ1) is 24.8. The van der Waals surface area contributed by atoms with Crippen LogP contribution in [0.25, 0.3) is 0 Å². The van der Waals surface area contributed by atoms with Crippen molar-refractivity contribution in [3.63, 3.8) is 0 Å². The lowest BCUT2D eigenvalue weighted by molar-refractivity contribution is -0.131. The minimum atomic E-state index is -1.10. The molecule has 0 aromatic heterocycles. The molecule has 8 heteroatoms. The minimum Gasteiger partial charge on any atom is -0.489 e. The van der Waals surface area contributed by atoms with E-state index in [1.165, 1.54) is 6.07 Å². The van der Waals surface area contributed by atoms with E-state index >= 15 is 0 Å². The number of carbonyl (C=O) groups is 3. The number of amides is 2. The van der Waals surface area contributed by atoms with Crippen LogP contribution in [-0.2, 0) is 16.0 Å². The van der Waals surface area contributed by atoms with Gasteiger partial charge in [0.2, 0.25) is 11.8 Å². The predicted molar refractivity (Wildman–Crippen MR) is 135 cm³/mol. The summed E-state index contributed by atoms with van der Waals surface area (Å²) in [5.74, 6) is 0.657. The maximum Gasteiger partial charge on any atom is 0.337 e. The Morgan fingerprint density at radius 2 is 1.58 bits per heavy atom. The maximum absolute atomic E-state index is 12.4. The van der Waals surface area contributed by atoms with Crippen molar-refractivity contribution in [2.75, 3.05) is 18.4 Å². The van der Waals surface area contributed by atoms with Crippen LogP contribution in [0.4, 0.5) is 5.69 Å². The number of piperidine rings is 1. The quantitative estimate of drug-likeness (QED) is 0.474. The van der Waals surface area contributed by atoms with Gasteiger partial charge in [-0.15, -0.1) is 0 Å². The Morgan fingerprint density at radius 3 is 2.25 bits per heavy atom. The van der Waals surface area contributed by atoms with E-state index in [-0.39, 0.29) is 35.6 Å². The number of aromatic carboxylic acids is 1. The van der Waals surface area contributed by atoms with Crippen molar-refractivity contribution in [1.29, 1.82) is 0 Å². The van der Waals surface area contributed by atoms with E-state index in [0.717, 1.165) is 30.7 Å². The Hall–Kier alpha value is -4.33. The van der Waals surface area contributed by atoms with Gasteiger partial charge in [0.1, 0.15) is 23.4 Å². The molecule has 2 N–H and O–H groups in total. The van der Waals surface area contributed by atoms with E-state index < -0.39 is 5.97 Å². The van der Waals surface area contributed by atoms with Gasteiger partial charge in [0, 0.05) is 13.5 Å². The fourth-order valence-corrected chi connectivity index (χ4v) is 4.07. The number of hydrogen-bond acceptors (Lipinski definition) is 5. The zero-order valence-corrected chi connectivity index (χ0v) is 20.0. The summed E-state index contributed by atoms with van der Waals surface area (Å²) in [5, 5.41) is 11.9. The number of para-hydroxylation sites is 1. The Morgan fingerprint density at radius 1 is 0.944 bits per heavy atom. The molecule has 0 aliphatic carbocycles. The largest absolute Gasteiger partial charge is 0.489 e. The molecule has 0 radical (unpaired) electrons. The first-order valence-corrected chi connectivity index (χ1v) is 11.8. The van der Waals surface area contributed by atoms with Crippen LogP contribution in [0.15, 0.2) is 72.8 Å². The number of likely N-dealkylation sites (tertiary alicyclic amines) is 1. The van der Waals surface area contributed by atoms with E-state index in [2.05, 4.69) is 5.32 Å². The highest BCUT2D eigenvalue weighted by Crippen LogP contribution is 2.26. The van der Waals surface area contributed by atoms with Crippen molar-refractivity contribution in [3.05, 3.63) is 83.9 Å². The highest BCUT2D eigenvalue weighted by Gasteiger charge is 2.22. The average molecular weight is 489 g/mol. The van der Waals surface area contributed by atoms with E-state index in [0.29, 0.717) is 18.0 Å². The summed E-state index contributed by atoms with van der Waals surface area (Å²) in [6, 6.07) is 20.7. The third-order valence-electron chi connectivity index (χ3n) is 5.91. The fourth-order valence-electron chi connectivity index (χ4n) is 4.07. The number of ether oxygens (including phenoxy) is 2. The number of carboxylic acids is 1. The monoisotopic (exact) mass is 488 g/mol. The first-order valence-electron chi connectivity index (χ1n) is 11.8. The molecular formula is C28H28N2O6. The minimum absolute atomic E-state index is 0.0169. The number of nitrogens with zero attached hydrogens (tertiary/aromatic N) is 1. The van der Waals surface area contributed by atoms with Crippen molar-refractivity contribution in [1.82, 2.24) is 4.90 Å². The summed E-state index contributed by atoms with van der Waals surface area (Å²) in [6.45, 7) is 2.96. The van der Waals surface area contributed by atoms with Gasteiger partial charge >= 0.3 is 5.97 Å². The molecule has 3 aromatic rings. The third-order valence-corrected chi connectivity index (χ3v) is 5.91. The van der Waals surface area contributed by atoms with Gasteiger partial charge in [-0.2, -0.15) is 0 Å². The van der Waals surface area contributed by atoms with Crippen molar-refractivity contribution in [2.24, 2.45) is 0 Å². The SMILES string of the molecule is CC(=O)N1CCC[C@@H](Oc2ccc(Oc3ccc(CC(=O)Nc4ccccc4C(=O)O)cc3)cc2)C1. The highest BCUT2D eigenvalue weighted by atomic mass is 16.5. The number of nitrogens with one attached hydrogen (secondary N) is 1. The topological polar surface area (TPSA) is 105 Å². The number of benzene rings is 3. The molecule has 8 nitrogen and oxygen atoms in total. The molecule has 36 heavy (non-hydrogen) atoms. The van der Waals surface area contributed by atoms with Crippen molar-refractivity contribution in [2.45, 2.75) is 32.3 Å². The van der Waals surface area contributed by atoms with Gasteiger partial charge in [-0.25, -0.2) is 4.79 Å². The van der Waals surface area contributed by atoms with Crippen LogP contribution < -0.4 is 14.8 Å². The maximum atomic E-state index is 12.4. The second kappa shape index (κ2) is 11.4. The van der Waals surface area contributed by atoms with Crippen molar-refractivity contribution >= 4 is 23.5 Å². The second-order valence-corrected chi connectivity index (χ2v) is 8.64. The average Bonchev–Trinajstić information content (AvgIpc) is 2.87. The molecule has 1 saturated heterocycles. The zero-order chi connectivity index (χ0) is 25.5. The molecule has 1 fully saturated rings. The molecule has 0 bridgehead atoms. The normalized spacial score (nSPS) is 15.1. The van der Waals surface area contributed by atoms with Gasteiger partial charge < -0.3 is 24.8 Å². The molecule has 0 saturated carbocycles. The van der Waals surface area contributed by atoms with Crippen molar-refractivity contribution in [3.8, 4) is 17.2 Å². The molecule has 1 aliphatic rings. The Labute approximate surface area is 209 Å². The number of anilines is 1. The molecular weight excluding hydrogens is 460 g/mol. The summed E-state index contributed by atoms with van der Waals surface area (Å²) in [7, 11) is 0. The molecule has 2 amide bonds. The van der Waals surface area contributed by atoms with Gasteiger partial charge in [0.15, 0.2) is 0 Å². The summed E-state index contributed by atoms with van der Waals surface area (Å²) in [6.07, 6.45) is 1.93. The third kappa shape index (κ3) is 6.63. The van der Waals surface area contributed by atoms with Crippen LogP contribution in [0, 0.1) is 0 Å². The zero-order valence-electron chi connectivity index (χ0n) is 20.0. The summed E-state index contributed by atoms with van der Waals surface area (Å²) >= 11 is 0. The summed E-state index contributed by atoms with van der Waals surface area (Å²) < 4.78 is 11.9. The lowest BCUT2D eigenvalue weighted by Gasteiger charge is -2.32. The molecule has 1 atom stereocenters. The van der Waals surface area contributed by atoms with Crippen LogP contribution in [-0.4, -0.2) is 47.0 Å². The van der Waals surface area contributed by atoms with Gasteiger partial charge in [0.25, 0.3) is 0 Å². The predicted octanol–water partition coefficient (Wildman–Crippen LogP) is 4.75. The van der Waals surface area contributed by atoms with Crippen LogP contribution in [0.1, 0.15) is 35.7 Å². The molecule has 0 spiro atoms. The smallest absolute Gasteiger partial charge is 0.337 e. The molecule has 1 aliphatic heterocycles. The second-order valence-electron chi connectivity index (χ2n) is 8.64. The number of carboxylic acid groups (broad SMARTS) is 1. The molecule has 1 heterocycles. The number of hydrogen-bond donors (Lipinski definition) is 2. The number of rotatable bonds is 8. The van der Waals surface area contributed by atoms with Crippen LogP contribution in [0.2, 0.25) is 0 Å². The Balaban J connectivity index is 1.29. The van der Waals surface area contributed by atoms with Gasteiger partial charge in [0.05, 0.1) is 24.2 Å². The van der Waals surface area contributed by atoms with E-state index in [4.69, 9.17) is 9.47 Å². The van der Waals surface area contributed by atoms with Crippen molar-refractivity contribution < 1.29 is 29.0 Å². The lowest BCUT2D eigenvalue weighted by Crippen LogP contribution is -2.43. The van der Waals surface area contributed by atoms with E-state index in [1.807, 2.05) is 29.2 Å². The van der Waals surface area contributed by atoms with E-state index in [1.54, 1.807) is 49.4 Å². The van der Waals surface area contributed by atoms with Gasteiger partial charge in [-0.05, 0) is 66.9 Å². The van der Waals surface area contributed by atoms with Gasteiger partial charge in [-0.3, -0.25) is 9.59 Å². The lowest BCUT2D eigenvalue weighted by atomic mass is 10.1. The van der Waals surface area contributed by atoms with Crippen LogP contribution >= 0.6 is 0 Å². The Bertz CT molecular complexity index is 1220. The summed E-state index contributed by atoms with van der Waals surface area (Å²) in [4.78, 5) is 37.1. The van der Waals surface area contributed by atoms with Crippen LogP contribution in [0.3, 0.4) is 0 Å². The fraction of sp³-hybridized carbons (Fsp3) is 0.250. The van der Waals surface area contributed by atoms with Gasteiger partial charge in [-0.1, -0.05) is 24.3 Å². The molecule has 0 unspecified atom stereocenters. The summed E-state index contributed by atoms with van der Waals surface area (Å²) in [5.41, 5.74) is 1.08. The molecule has 3 aromatic carbocycles. The molecule has 186 valence electrons. The van der Waals surface area contributed by atoms with E-state index in [9.17, 15) is 19.5 Å². The highest BCUT2D eigenvalue weighted by molar-refractivity contribution is 6.01. The standard InChI is InChI=1S/C28H28N2O6/c1-19(31)30-16-4-5-24(18-30)36-23-14-12-22(13-15-23)35-21-10-8-20(9-11-21)17-27(32)29-26-7-3-2-6-25(26)28(33)34/h2-3,6-15,24H,4-5,16-18H2,1H3,(H,29,32)(H,33,34)/t24-/m1/s1. The Kier molecular flexibility index (Phi) is 7.85. The number of carbonyl (C=O) groups excluding carboxylic acids is 2. The molecule has 4 rings (SSSR count). The van der Waals surface area contributed by atoms with Crippen LogP contribution in [0.5, 0.6) is 17.2 Å².